The topological polar surface area (TPSA) is 114 Å². The fraction of sp³-hybridized carbons (Fsp3) is 0.190. The van der Waals surface area contributed by atoms with Crippen LogP contribution in [-0.2, 0) is 14.9 Å². The number of nitrogens with zero attached hydrogens (tertiary/aromatic N) is 2. The number of carbonyl (C=O) groups excluding carboxylic acids is 1. The molecule has 0 aliphatic rings. The van der Waals surface area contributed by atoms with E-state index < -0.39 is 33.1 Å². The molecule has 0 saturated heterocycles. The van der Waals surface area contributed by atoms with Crippen molar-refractivity contribution in [2.24, 2.45) is 0 Å². The Kier molecular flexibility index (Phi) is 6.85. The number of carbonyl (C=O) groups is 1. The normalized spacial score (nSPS) is 11.1. The summed E-state index contributed by atoms with van der Waals surface area (Å²) in [6.07, 6.45) is 0. The molecule has 0 aliphatic carbocycles. The largest absolute Gasteiger partial charge is 0.495 e. The molecule has 168 valence electrons. The Morgan fingerprint density at radius 2 is 1.84 bits per heavy atom. The van der Waals surface area contributed by atoms with Crippen molar-refractivity contribution < 1.29 is 26.9 Å². The highest BCUT2D eigenvalue weighted by Gasteiger charge is 2.28. The van der Waals surface area contributed by atoms with Crippen molar-refractivity contribution in [3.8, 4) is 17.2 Å². The Labute approximate surface area is 189 Å². The van der Waals surface area contributed by atoms with Crippen LogP contribution in [0.3, 0.4) is 0 Å². The van der Waals surface area contributed by atoms with Crippen LogP contribution in [0.5, 0.6) is 11.5 Å². The highest BCUT2D eigenvalue weighted by molar-refractivity contribution is 7.87. The monoisotopic (exact) mass is 478 g/mol. The molecule has 0 saturated carbocycles. The standard InChI is InChI=1S/C21H19ClN2O7S/c1-4-30-21(26)20-17(12-19(25)24(23-20)15-8-6-5-7-13(15)2)31-32(27,28)18-11-14(22)9-10-16(18)29-3/h5-12H,4H2,1-3H3. The second-order valence-electron chi connectivity index (χ2n) is 6.45. The van der Waals surface area contributed by atoms with Gasteiger partial charge in [-0.15, -0.1) is 0 Å². The first kappa shape index (κ1) is 23.3. The van der Waals surface area contributed by atoms with E-state index in [2.05, 4.69) is 5.10 Å². The van der Waals surface area contributed by atoms with E-state index in [1.165, 1.54) is 19.2 Å². The van der Waals surface area contributed by atoms with Gasteiger partial charge in [-0.3, -0.25) is 4.79 Å². The molecule has 0 bridgehead atoms. The molecule has 0 amide bonds. The molecule has 11 heteroatoms. The average molecular weight is 479 g/mol. The summed E-state index contributed by atoms with van der Waals surface area (Å²) in [7, 11) is -3.28. The molecule has 1 heterocycles. The van der Waals surface area contributed by atoms with Gasteiger partial charge in [0.2, 0.25) is 5.69 Å². The van der Waals surface area contributed by atoms with Gasteiger partial charge < -0.3 is 13.7 Å². The van der Waals surface area contributed by atoms with E-state index in [1.807, 2.05) is 0 Å². The van der Waals surface area contributed by atoms with Crippen LogP contribution in [-0.4, -0.2) is 37.9 Å². The van der Waals surface area contributed by atoms with Gasteiger partial charge in [-0.2, -0.15) is 18.2 Å². The van der Waals surface area contributed by atoms with E-state index in [1.54, 1.807) is 38.1 Å². The maximum absolute atomic E-state index is 12.9. The predicted octanol–water partition coefficient (Wildman–Crippen LogP) is 3.15. The first-order valence-electron chi connectivity index (χ1n) is 9.33. The maximum atomic E-state index is 12.9. The number of ether oxygens (including phenoxy) is 2. The van der Waals surface area contributed by atoms with Gasteiger partial charge in [0.05, 0.1) is 25.5 Å². The first-order chi connectivity index (χ1) is 15.2. The third-order valence-corrected chi connectivity index (χ3v) is 5.80. The van der Waals surface area contributed by atoms with Crippen molar-refractivity contribution in [3.05, 3.63) is 75.2 Å². The number of para-hydroxylation sites is 1. The zero-order valence-electron chi connectivity index (χ0n) is 17.4. The molecule has 2 aromatic carbocycles. The molecule has 0 atom stereocenters. The van der Waals surface area contributed by atoms with Gasteiger partial charge in [-0.1, -0.05) is 29.8 Å². The fourth-order valence-electron chi connectivity index (χ4n) is 2.83. The molecule has 0 unspecified atom stereocenters. The second kappa shape index (κ2) is 9.41. The molecular weight excluding hydrogens is 460 g/mol. The summed E-state index contributed by atoms with van der Waals surface area (Å²) in [5.41, 5.74) is -0.0780. The van der Waals surface area contributed by atoms with E-state index in [4.69, 9.17) is 25.3 Å². The number of hydrogen-bond acceptors (Lipinski definition) is 8. The second-order valence-corrected chi connectivity index (χ2v) is 8.40. The number of benzene rings is 2. The van der Waals surface area contributed by atoms with E-state index in [0.29, 0.717) is 11.3 Å². The lowest BCUT2D eigenvalue weighted by molar-refractivity contribution is 0.0515. The SMILES string of the molecule is CCOC(=O)c1nn(-c2ccccc2C)c(=O)cc1OS(=O)(=O)c1cc(Cl)ccc1OC. The summed E-state index contributed by atoms with van der Waals surface area (Å²) in [6, 6.07) is 11.6. The van der Waals surface area contributed by atoms with Gasteiger partial charge in [0.1, 0.15) is 10.6 Å². The van der Waals surface area contributed by atoms with Gasteiger partial charge in [0.15, 0.2) is 5.75 Å². The summed E-state index contributed by atoms with van der Waals surface area (Å²) >= 11 is 5.92. The van der Waals surface area contributed by atoms with Gasteiger partial charge in [-0.05, 0) is 43.7 Å². The zero-order valence-corrected chi connectivity index (χ0v) is 18.9. The molecule has 0 aliphatic heterocycles. The minimum Gasteiger partial charge on any atom is -0.495 e. The molecular formula is C21H19ClN2O7S. The van der Waals surface area contributed by atoms with E-state index >= 15 is 0 Å². The minimum atomic E-state index is -4.56. The van der Waals surface area contributed by atoms with Crippen molar-refractivity contribution in [2.75, 3.05) is 13.7 Å². The lowest BCUT2D eigenvalue weighted by atomic mass is 10.2. The van der Waals surface area contributed by atoms with Crippen LogP contribution in [0.2, 0.25) is 5.02 Å². The summed E-state index contributed by atoms with van der Waals surface area (Å²) < 4.78 is 42.0. The summed E-state index contributed by atoms with van der Waals surface area (Å²) in [5, 5.41) is 4.16. The van der Waals surface area contributed by atoms with Crippen LogP contribution in [0.4, 0.5) is 0 Å². The Balaban J connectivity index is 2.17. The first-order valence-corrected chi connectivity index (χ1v) is 11.1. The van der Waals surface area contributed by atoms with E-state index in [0.717, 1.165) is 16.8 Å². The van der Waals surface area contributed by atoms with E-state index in [9.17, 15) is 18.0 Å². The highest BCUT2D eigenvalue weighted by atomic mass is 35.5. The number of aromatic nitrogens is 2. The summed E-state index contributed by atoms with van der Waals surface area (Å²) in [4.78, 5) is 24.9. The molecule has 3 rings (SSSR count). The Morgan fingerprint density at radius 3 is 2.50 bits per heavy atom. The van der Waals surface area contributed by atoms with Crippen molar-refractivity contribution in [1.29, 1.82) is 0 Å². The number of hydrogen-bond donors (Lipinski definition) is 0. The minimum absolute atomic E-state index is 0.00168. The highest BCUT2D eigenvalue weighted by Crippen LogP contribution is 2.30. The smallest absolute Gasteiger partial charge is 0.362 e. The summed E-state index contributed by atoms with van der Waals surface area (Å²) in [5.74, 6) is -1.58. The Hall–Kier alpha value is -3.37. The average Bonchev–Trinajstić information content (AvgIpc) is 2.74. The number of aryl methyl sites for hydroxylation is 1. The van der Waals surface area contributed by atoms with Gasteiger partial charge >= 0.3 is 16.1 Å². The molecule has 0 N–H and O–H groups in total. The van der Waals surface area contributed by atoms with Gasteiger partial charge in [-0.25, -0.2) is 4.79 Å². The molecule has 0 fully saturated rings. The van der Waals surface area contributed by atoms with Crippen molar-refractivity contribution >= 4 is 27.7 Å². The zero-order chi connectivity index (χ0) is 23.5. The van der Waals surface area contributed by atoms with E-state index in [-0.39, 0.29) is 22.3 Å². The Bertz CT molecular complexity index is 1340. The van der Waals surface area contributed by atoms with Crippen LogP contribution in [0.15, 0.2) is 58.2 Å². The molecule has 32 heavy (non-hydrogen) atoms. The molecule has 0 radical (unpaired) electrons. The molecule has 9 nitrogen and oxygen atoms in total. The predicted molar refractivity (Wildman–Crippen MR) is 116 cm³/mol. The van der Waals surface area contributed by atoms with Crippen molar-refractivity contribution in [1.82, 2.24) is 9.78 Å². The molecule has 0 spiro atoms. The van der Waals surface area contributed by atoms with Crippen LogP contribution in [0.25, 0.3) is 5.69 Å². The van der Waals surface area contributed by atoms with Crippen molar-refractivity contribution in [2.45, 2.75) is 18.7 Å². The number of methoxy groups -OCH3 is 1. The van der Waals surface area contributed by atoms with Crippen LogP contribution in [0.1, 0.15) is 23.0 Å². The lowest BCUT2D eigenvalue weighted by Crippen LogP contribution is -2.26. The van der Waals surface area contributed by atoms with Gasteiger partial charge in [0.25, 0.3) is 5.56 Å². The third kappa shape index (κ3) is 4.76. The van der Waals surface area contributed by atoms with Crippen molar-refractivity contribution in [3.63, 3.8) is 0 Å². The van der Waals surface area contributed by atoms with Crippen LogP contribution >= 0.6 is 11.6 Å². The quantitative estimate of drug-likeness (QED) is 0.376. The maximum Gasteiger partial charge on any atom is 0.362 e. The van der Waals surface area contributed by atoms with Gasteiger partial charge in [0, 0.05) is 5.02 Å². The van der Waals surface area contributed by atoms with Crippen LogP contribution in [0, 0.1) is 6.92 Å². The third-order valence-electron chi connectivity index (χ3n) is 4.30. The number of rotatable bonds is 7. The molecule has 1 aromatic heterocycles. The fourth-order valence-corrected chi connectivity index (χ4v) is 4.19. The lowest BCUT2D eigenvalue weighted by Gasteiger charge is -2.14. The van der Waals surface area contributed by atoms with Crippen LogP contribution < -0.4 is 14.5 Å². The Morgan fingerprint density at radius 1 is 1.12 bits per heavy atom. The number of esters is 1. The molecule has 3 aromatic rings. The summed E-state index contributed by atoms with van der Waals surface area (Å²) in [6.45, 7) is 3.33. The number of halogens is 1.